The van der Waals surface area contributed by atoms with Crippen LogP contribution in [0.15, 0.2) is 41.2 Å². The number of halogens is 4. The van der Waals surface area contributed by atoms with E-state index in [2.05, 4.69) is 10.3 Å². The van der Waals surface area contributed by atoms with E-state index >= 15 is 0 Å². The van der Waals surface area contributed by atoms with Gasteiger partial charge in [0.2, 0.25) is 5.91 Å². The van der Waals surface area contributed by atoms with Crippen molar-refractivity contribution in [2.75, 3.05) is 0 Å². The summed E-state index contributed by atoms with van der Waals surface area (Å²) in [6.07, 6.45) is -1.97. The molecule has 0 bridgehead atoms. The van der Waals surface area contributed by atoms with Crippen LogP contribution >= 0.6 is 11.6 Å². The molecule has 142 valence electrons. The molecule has 1 fully saturated rings. The van der Waals surface area contributed by atoms with Crippen LogP contribution in [-0.4, -0.2) is 16.9 Å². The molecule has 1 saturated heterocycles. The molecule has 0 radical (unpaired) electrons. The number of rotatable bonds is 3. The van der Waals surface area contributed by atoms with Crippen LogP contribution < -0.4 is 10.9 Å². The fourth-order valence-electron chi connectivity index (χ4n) is 3.01. The molecule has 4 nitrogen and oxygen atoms in total. The molecule has 27 heavy (non-hydrogen) atoms. The molecule has 0 saturated carbocycles. The lowest BCUT2D eigenvalue weighted by molar-refractivity contribution is -0.138. The number of alkyl halides is 3. The van der Waals surface area contributed by atoms with Gasteiger partial charge in [-0.2, -0.15) is 13.2 Å². The third-order valence-electron chi connectivity index (χ3n) is 4.40. The first-order valence-electron chi connectivity index (χ1n) is 8.24. The highest BCUT2D eigenvalue weighted by molar-refractivity contribution is 6.30. The fraction of sp³-hybridized carbons (Fsp3) is 0.263. The van der Waals surface area contributed by atoms with Crippen molar-refractivity contribution < 1.29 is 18.0 Å². The lowest BCUT2D eigenvalue weighted by atomic mass is 9.95. The number of carbonyl (C=O) groups excluding carboxylic acids is 1. The highest BCUT2D eigenvalue weighted by Crippen LogP contribution is 2.35. The molecule has 2 N–H and O–H groups in total. The number of nitrogens with one attached hydrogen (secondary N) is 2. The van der Waals surface area contributed by atoms with Crippen LogP contribution in [0.2, 0.25) is 5.02 Å². The van der Waals surface area contributed by atoms with Gasteiger partial charge in [-0.3, -0.25) is 9.59 Å². The molecule has 3 rings (SSSR count). The molecule has 2 heterocycles. The number of carbonyl (C=O) groups is 1. The van der Waals surface area contributed by atoms with E-state index in [1.165, 1.54) is 25.1 Å². The molecular formula is C19H16ClF3N2O2. The lowest BCUT2D eigenvalue weighted by Crippen LogP contribution is -2.23. The predicted molar refractivity (Wildman–Crippen MR) is 96.5 cm³/mol. The van der Waals surface area contributed by atoms with Gasteiger partial charge in [0.1, 0.15) is 5.02 Å². The van der Waals surface area contributed by atoms with E-state index in [1.54, 1.807) is 12.1 Å². The second-order valence-electron chi connectivity index (χ2n) is 6.37. The standard InChI is InChI=1S/C19H16ClF3N2O2/c1-10-2-3-11(8-14(10)19(21,22)23)13(9-12-4-7-17(26)24-12)16-6-5-15(20)18(27)25-16/h2-3,5-6,8-9,12H,4,7H2,1H3,(H,24,26)(H,25,27)/t12-/m1/s1. The summed E-state index contributed by atoms with van der Waals surface area (Å²) >= 11 is 5.76. The summed E-state index contributed by atoms with van der Waals surface area (Å²) in [5, 5.41) is 2.73. The maximum atomic E-state index is 13.3. The van der Waals surface area contributed by atoms with Crippen molar-refractivity contribution in [2.24, 2.45) is 0 Å². The third-order valence-corrected chi connectivity index (χ3v) is 4.70. The van der Waals surface area contributed by atoms with Crippen molar-refractivity contribution in [2.45, 2.75) is 32.0 Å². The SMILES string of the molecule is Cc1ccc(C(=C[C@H]2CCC(=O)N2)c2ccc(Cl)c(=O)[nH]2)cc1C(F)(F)F. The van der Waals surface area contributed by atoms with Crippen molar-refractivity contribution in [1.29, 1.82) is 0 Å². The molecule has 8 heteroatoms. The zero-order chi connectivity index (χ0) is 19.8. The highest BCUT2D eigenvalue weighted by Gasteiger charge is 2.33. The predicted octanol–water partition coefficient (Wildman–Crippen LogP) is 4.07. The topological polar surface area (TPSA) is 62.0 Å². The van der Waals surface area contributed by atoms with Crippen LogP contribution in [0.1, 0.15) is 35.2 Å². The number of hydrogen-bond donors (Lipinski definition) is 2. The molecule has 2 aromatic rings. The van der Waals surface area contributed by atoms with Gasteiger partial charge in [0.25, 0.3) is 5.56 Å². The summed E-state index contributed by atoms with van der Waals surface area (Å²) in [6.45, 7) is 1.39. The van der Waals surface area contributed by atoms with Crippen molar-refractivity contribution >= 4 is 23.1 Å². The molecule has 0 unspecified atom stereocenters. The van der Waals surface area contributed by atoms with Gasteiger partial charge in [0.15, 0.2) is 0 Å². The number of benzene rings is 1. The zero-order valence-electron chi connectivity index (χ0n) is 14.3. The Hall–Kier alpha value is -2.54. The van der Waals surface area contributed by atoms with Gasteiger partial charge in [-0.25, -0.2) is 0 Å². The second-order valence-corrected chi connectivity index (χ2v) is 6.78. The molecule has 1 amide bonds. The summed E-state index contributed by atoms with van der Waals surface area (Å²) in [5.74, 6) is -0.125. The van der Waals surface area contributed by atoms with Gasteiger partial charge in [0, 0.05) is 23.7 Å². The van der Waals surface area contributed by atoms with E-state index in [-0.39, 0.29) is 28.1 Å². The normalized spacial score (nSPS) is 17.9. The Morgan fingerprint density at radius 1 is 1.22 bits per heavy atom. The Labute approximate surface area is 158 Å². The van der Waals surface area contributed by atoms with E-state index in [0.717, 1.165) is 6.07 Å². The van der Waals surface area contributed by atoms with Crippen LogP contribution in [0.3, 0.4) is 0 Å². The molecule has 0 spiro atoms. The van der Waals surface area contributed by atoms with Gasteiger partial charge in [-0.1, -0.05) is 29.8 Å². The van der Waals surface area contributed by atoms with Crippen LogP contribution in [0.5, 0.6) is 0 Å². The molecule has 1 aliphatic heterocycles. The molecular weight excluding hydrogens is 381 g/mol. The summed E-state index contributed by atoms with van der Waals surface area (Å²) in [5.41, 5.74) is -0.197. The number of H-pyrrole nitrogens is 1. The number of aromatic nitrogens is 1. The van der Waals surface area contributed by atoms with Crippen molar-refractivity contribution in [3.05, 3.63) is 74.2 Å². The Morgan fingerprint density at radius 2 is 1.96 bits per heavy atom. The van der Waals surface area contributed by atoms with Crippen LogP contribution in [0.25, 0.3) is 5.57 Å². The summed E-state index contributed by atoms with van der Waals surface area (Å²) < 4.78 is 39.9. The van der Waals surface area contributed by atoms with Crippen LogP contribution in [0, 0.1) is 6.92 Å². The van der Waals surface area contributed by atoms with Gasteiger partial charge >= 0.3 is 6.18 Å². The zero-order valence-corrected chi connectivity index (χ0v) is 15.0. The van der Waals surface area contributed by atoms with E-state index in [1.807, 2.05) is 0 Å². The van der Waals surface area contributed by atoms with Gasteiger partial charge in [-0.05, 0) is 42.7 Å². The number of hydrogen-bond acceptors (Lipinski definition) is 2. The Morgan fingerprint density at radius 3 is 2.56 bits per heavy atom. The first kappa shape index (κ1) is 19.2. The average Bonchev–Trinajstić information content (AvgIpc) is 3.00. The Bertz CT molecular complexity index is 980. The molecule has 1 aliphatic rings. The van der Waals surface area contributed by atoms with Gasteiger partial charge in [-0.15, -0.1) is 0 Å². The number of amides is 1. The van der Waals surface area contributed by atoms with Crippen LogP contribution in [0.4, 0.5) is 13.2 Å². The maximum Gasteiger partial charge on any atom is 0.416 e. The highest BCUT2D eigenvalue weighted by atomic mass is 35.5. The van der Waals surface area contributed by atoms with E-state index < -0.39 is 17.3 Å². The average molecular weight is 397 g/mol. The first-order chi connectivity index (χ1) is 12.6. The van der Waals surface area contributed by atoms with Crippen LogP contribution in [-0.2, 0) is 11.0 Å². The van der Waals surface area contributed by atoms with Crippen molar-refractivity contribution in [3.8, 4) is 0 Å². The number of aryl methyl sites for hydroxylation is 1. The second kappa shape index (κ2) is 7.23. The first-order valence-corrected chi connectivity index (χ1v) is 8.61. The minimum atomic E-state index is -4.50. The number of aromatic amines is 1. The monoisotopic (exact) mass is 396 g/mol. The quantitative estimate of drug-likeness (QED) is 0.821. The largest absolute Gasteiger partial charge is 0.416 e. The summed E-state index contributed by atoms with van der Waals surface area (Å²) in [7, 11) is 0. The minimum absolute atomic E-state index is 0.0212. The summed E-state index contributed by atoms with van der Waals surface area (Å²) in [6, 6.07) is 6.56. The molecule has 0 aliphatic carbocycles. The van der Waals surface area contributed by atoms with Gasteiger partial charge in [0.05, 0.1) is 5.56 Å². The van der Waals surface area contributed by atoms with E-state index in [9.17, 15) is 22.8 Å². The lowest BCUT2D eigenvalue weighted by Gasteiger charge is -2.16. The van der Waals surface area contributed by atoms with E-state index in [4.69, 9.17) is 11.6 Å². The third kappa shape index (κ3) is 4.24. The minimum Gasteiger partial charge on any atom is -0.350 e. The fourth-order valence-corrected chi connectivity index (χ4v) is 3.12. The van der Waals surface area contributed by atoms with Gasteiger partial charge < -0.3 is 10.3 Å². The Balaban J connectivity index is 2.15. The van der Waals surface area contributed by atoms with E-state index in [0.29, 0.717) is 24.1 Å². The molecule has 1 atom stereocenters. The molecule has 1 aromatic heterocycles. The number of pyridine rings is 1. The van der Waals surface area contributed by atoms with Crippen molar-refractivity contribution in [1.82, 2.24) is 10.3 Å². The summed E-state index contributed by atoms with van der Waals surface area (Å²) in [4.78, 5) is 25.9. The Kier molecular flexibility index (Phi) is 5.15. The molecule has 1 aromatic carbocycles. The smallest absolute Gasteiger partial charge is 0.350 e. The van der Waals surface area contributed by atoms with Crippen molar-refractivity contribution in [3.63, 3.8) is 0 Å². The maximum absolute atomic E-state index is 13.3.